The van der Waals surface area contributed by atoms with Gasteiger partial charge in [0.1, 0.15) is 0 Å². The molecular weight excluding hydrogens is 683 g/mol. The molecule has 13 rings (SSSR count). The van der Waals surface area contributed by atoms with Gasteiger partial charge in [0.05, 0.1) is 0 Å². The Morgan fingerprint density at radius 2 is 1.09 bits per heavy atom. The van der Waals surface area contributed by atoms with Gasteiger partial charge in [0.25, 0.3) is 0 Å². The fraction of sp³-hybridized carbons (Fsp3) is 0.208. The molecule has 0 aliphatic heterocycles. The molecule has 8 aromatic rings. The third kappa shape index (κ3) is 4.83. The van der Waals surface area contributed by atoms with Crippen LogP contribution in [0, 0.1) is 23.7 Å². The van der Waals surface area contributed by atoms with Crippen LogP contribution < -0.4 is 4.90 Å². The molecule has 5 aliphatic carbocycles. The van der Waals surface area contributed by atoms with Crippen molar-refractivity contribution in [3.63, 3.8) is 0 Å². The first kappa shape index (κ1) is 31.9. The third-order valence-electron chi connectivity index (χ3n) is 14.2. The summed E-state index contributed by atoms with van der Waals surface area (Å²) in [6.45, 7) is 0. The lowest BCUT2D eigenvalue weighted by atomic mass is 9.51. The van der Waals surface area contributed by atoms with Crippen LogP contribution in [-0.4, -0.2) is 0 Å². The summed E-state index contributed by atoms with van der Waals surface area (Å²) in [5.41, 5.74) is 14.9. The Balaban J connectivity index is 0.982. The number of anilines is 3. The molecule has 5 unspecified atom stereocenters. The number of fused-ring (bicyclic) bond motifs is 7. The number of benzene rings is 7. The van der Waals surface area contributed by atoms with Crippen LogP contribution in [0.3, 0.4) is 0 Å². The zero-order valence-corrected chi connectivity index (χ0v) is 31.8. The molecule has 0 N–H and O–H groups in total. The van der Waals surface area contributed by atoms with E-state index in [1.807, 2.05) is 11.3 Å². The van der Waals surface area contributed by atoms with Crippen LogP contribution in [0.2, 0.25) is 0 Å². The van der Waals surface area contributed by atoms with Crippen molar-refractivity contribution in [2.24, 2.45) is 23.7 Å². The Labute approximate surface area is 327 Å². The molecule has 55 heavy (non-hydrogen) atoms. The van der Waals surface area contributed by atoms with Gasteiger partial charge in [0.2, 0.25) is 0 Å². The molecule has 4 saturated carbocycles. The Morgan fingerprint density at radius 1 is 0.418 bits per heavy atom. The molecule has 1 spiro atoms. The maximum absolute atomic E-state index is 2.56. The highest BCUT2D eigenvalue weighted by Gasteiger charge is 2.59. The lowest BCUT2D eigenvalue weighted by molar-refractivity contribution is 0.0618. The molecule has 5 aliphatic rings. The van der Waals surface area contributed by atoms with Crippen LogP contribution in [-0.2, 0) is 5.41 Å². The van der Waals surface area contributed by atoms with Crippen molar-refractivity contribution in [2.45, 2.75) is 43.9 Å². The molecule has 0 radical (unpaired) electrons. The van der Waals surface area contributed by atoms with Gasteiger partial charge < -0.3 is 4.90 Å². The molecule has 266 valence electrons. The van der Waals surface area contributed by atoms with E-state index in [-0.39, 0.29) is 5.41 Å². The van der Waals surface area contributed by atoms with E-state index in [9.17, 15) is 0 Å². The number of rotatable bonds is 5. The van der Waals surface area contributed by atoms with Gasteiger partial charge in [-0.25, -0.2) is 0 Å². The topological polar surface area (TPSA) is 3.24 Å². The highest BCUT2D eigenvalue weighted by Crippen LogP contribution is 2.67. The molecule has 0 saturated heterocycles. The number of nitrogens with zero attached hydrogens (tertiary/aromatic N) is 1. The highest BCUT2D eigenvalue weighted by molar-refractivity contribution is 7.25. The largest absolute Gasteiger partial charge is 0.310 e. The minimum absolute atomic E-state index is 0.186. The third-order valence-corrected chi connectivity index (χ3v) is 15.3. The van der Waals surface area contributed by atoms with Crippen molar-refractivity contribution in [3.8, 4) is 33.4 Å². The summed E-state index contributed by atoms with van der Waals surface area (Å²) >= 11 is 1.88. The number of thiophene rings is 1. The molecule has 4 bridgehead atoms. The van der Waals surface area contributed by atoms with Crippen molar-refractivity contribution in [3.05, 3.63) is 175 Å². The normalized spacial score (nSPS) is 23.3. The van der Waals surface area contributed by atoms with E-state index in [0.29, 0.717) is 0 Å². The van der Waals surface area contributed by atoms with E-state index >= 15 is 0 Å². The van der Waals surface area contributed by atoms with E-state index in [2.05, 4.69) is 169 Å². The summed E-state index contributed by atoms with van der Waals surface area (Å²) in [6, 6.07) is 61.9. The molecule has 1 nitrogen and oxygen atoms in total. The molecule has 7 aromatic carbocycles. The number of hydrogen-bond donors (Lipinski definition) is 0. The van der Waals surface area contributed by atoms with Crippen molar-refractivity contribution in [2.75, 3.05) is 4.90 Å². The van der Waals surface area contributed by atoms with Crippen molar-refractivity contribution < 1.29 is 0 Å². The summed E-state index contributed by atoms with van der Waals surface area (Å²) in [6.07, 6.45) is 8.56. The maximum atomic E-state index is 2.56. The summed E-state index contributed by atoms with van der Waals surface area (Å²) in [5, 5.41) is 2.66. The fourth-order valence-corrected chi connectivity index (χ4v) is 13.2. The zero-order valence-electron chi connectivity index (χ0n) is 31.0. The first-order valence-corrected chi connectivity index (χ1v) is 21.2. The zero-order chi connectivity index (χ0) is 36.1. The second kappa shape index (κ2) is 12.3. The van der Waals surface area contributed by atoms with E-state index < -0.39 is 0 Å². The molecule has 1 aromatic heterocycles. The predicted molar refractivity (Wildman–Crippen MR) is 233 cm³/mol. The van der Waals surface area contributed by atoms with Gasteiger partial charge in [-0.05, 0) is 149 Å². The van der Waals surface area contributed by atoms with Crippen LogP contribution in [0.15, 0.2) is 164 Å². The smallest absolute Gasteiger partial charge is 0.0476 e. The lowest BCUT2D eigenvalue weighted by Gasteiger charge is -2.53. The van der Waals surface area contributed by atoms with Crippen molar-refractivity contribution >= 4 is 48.6 Å². The summed E-state index contributed by atoms with van der Waals surface area (Å²) in [4.78, 5) is 2.44. The minimum Gasteiger partial charge on any atom is -0.310 e. The van der Waals surface area contributed by atoms with Crippen LogP contribution in [0.1, 0.15) is 49.7 Å². The van der Waals surface area contributed by atoms with Gasteiger partial charge in [-0.3, -0.25) is 0 Å². The van der Waals surface area contributed by atoms with Gasteiger partial charge in [0, 0.05) is 42.6 Å². The van der Waals surface area contributed by atoms with Gasteiger partial charge in [0.15, 0.2) is 0 Å². The molecular formula is C53H43NS. The summed E-state index contributed by atoms with van der Waals surface area (Å²) < 4.78 is 2.65. The summed E-state index contributed by atoms with van der Waals surface area (Å²) in [7, 11) is 0. The monoisotopic (exact) mass is 725 g/mol. The molecule has 4 fully saturated rings. The van der Waals surface area contributed by atoms with Crippen LogP contribution in [0.4, 0.5) is 17.1 Å². The standard InChI is InChI=1S/C53H43NS/c1-2-9-36(10-3-1)37-18-22-42(23-19-37)54(44-24-25-47-46-14-5-7-16-51(46)55-52(47)33-44)43-12-8-11-38(31-43)39-20-26-50-48(32-39)45-13-4-6-15-49(45)53(50)40-21-17-34-27-35(29-40)30-41(53)28-34/h1-16,18-20,22-26,31-35,40-41H,17,21,27-30H2. The Kier molecular flexibility index (Phi) is 7.12. The minimum atomic E-state index is 0.186. The Hall–Kier alpha value is -5.44. The van der Waals surface area contributed by atoms with E-state index in [4.69, 9.17) is 0 Å². The summed E-state index contributed by atoms with van der Waals surface area (Å²) in [5.74, 6) is 3.41. The number of hydrogen-bond acceptors (Lipinski definition) is 2. The van der Waals surface area contributed by atoms with E-state index in [0.717, 1.165) is 29.4 Å². The van der Waals surface area contributed by atoms with Crippen LogP contribution in [0.5, 0.6) is 0 Å². The SMILES string of the molecule is c1ccc(-c2ccc(N(c3cccc(-c4ccc5c(c4)-c4ccccc4C54C5CCC6CC(C5)CC4C6)c3)c3ccc4c(c3)sc3ccccc34)cc2)cc1. The lowest BCUT2D eigenvalue weighted by Crippen LogP contribution is -2.48. The highest BCUT2D eigenvalue weighted by atomic mass is 32.1. The molecule has 5 atom stereocenters. The Bertz CT molecular complexity index is 2750. The average Bonchev–Trinajstić information content (AvgIpc) is 3.67. The quantitative estimate of drug-likeness (QED) is 0.171. The first-order valence-electron chi connectivity index (χ1n) is 20.4. The first-order chi connectivity index (χ1) is 27.2. The van der Waals surface area contributed by atoms with Gasteiger partial charge in [-0.15, -0.1) is 11.3 Å². The van der Waals surface area contributed by atoms with Crippen LogP contribution >= 0.6 is 11.3 Å². The Morgan fingerprint density at radius 3 is 2.02 bits per heavy atom. The van der Waals surface area contributed by atoms with Gasteiger partial charge in [-0.1, -0.05) is 122 Å². The molecule has 0 amide bonds. The van der Waals surface area contributed by atoms with Crippen molar-refractivity contribution in [1.82, 2.24) is 0 Å². The fourth-order valence-electron chi connectivity index (χ4n) is 12.0. The molecule has 2 heteroatoms. The van der Waals surface area contributed by atoms with E-state index in [1.54, 1.807) is 11.1 Å². The predicted octanol–water partition coefficient (Wildman–Crippen LogP) is 15.0. The second-order valence-electron chi connectivity index (χ2n) is 16.9. The average molecular weight is 726 g/mol. The van der Waals surface area contributed by atoms with Crippen LogP contribution in [0.25, 0.3) is 53.6 Å². The van der Waals surface area contributed by atoms with Gasteiger partial charge >= 0.3 is 0 Å². The second-order valence-corrected chi connectivity index (χ2v) is 18.0. The van der Waals surface area contributed by atoms with Crippen molar-refractivity contribution in [1.29, 1.82) is 0 Å². The maximum Gasteiger partial charge on any atom is 0.0476 e. The van der Waals surface area contributed by atoms with E-state index in [1.165, 1.54) is 103 Å². The van der Waals surface area contributed by atoms with Gasteiger partial charge in [-0.2, -0.15) is 0 Å². The molecule has 1 heterocycles.